The number of rotatable bonds is 2. The lowest BCUT2D eigenvalue weighted by molar-refractivity contribution is 0.137. The first-order valence-electron chi connectivity index (χ1n) is 4.25. The van der Waals surface area contributed by atoms with E-state index in [1.165, 1.54) is 6.33 Å². The van der Waals surface area contributed by atoms with E-state index in [2.05, 4.69) is 25.9 Å². The average Bonchev–Trinajstić information content (AvgIpc) is 2.66. The largest absolute Gasteiger partial charge is 0.471 e. The summed E-state index contributed by atoms with van der Waals surface area (Å²) in [7, 11) is 0. The highest BCUT2D eigenvalue weighted by Gasteiger charge is 2.19. The number of nitrogens with one attached hydrogen (secondary N) is 1. The Morgan fingerprint density at radius 1 is 1.71 bits per heavy atom. The summed E-state index contributed by atoms with van der Waals surface area (Å²) in [5.74, 6) is 0.323. The Balaban J connectivity index is 2.15. The van der Waals surface area contributed by atoms with Crippen LogP contribution in [0.15, 0.2) is 15.6 Å². The van der Waals surface area contributed by atoms with Crippen molar-refractivity contribution in [2.24, 2.45) is 0 Å². The summed E-state index contributed by atoms with van der Waals surface area (Å²) in [5.41, 5.74) is -0.242. The Kier molecular flexibility index (Phi) is 2.83. The number of aromatic nitrogens is 2. The molecule has 0 amide bonds. The third-order valence-corrected chi connectivity index (χ3v) is 2.63. The van der Waals surface area contributed by atoms with Gasteiger partial charge in [-0.25, -0.2) is 4.98 Å². The van der Waals surface area contributed by atoms with E-state index in [0.29, 0.717) is 23.6 Å². The molecule has 0 aliphatic carbocycles. The number of aromatic amines is 1. The molecule has 0 aromatic carbocycles. The molecule has 1 unspecified atom stereocenters. The van der Waals surface area contributed by atoms with Crippen LogP contribution in [0.3, 0.4) is 0 Å². The van der Waals surface area contributed by atoms with Crippen LogP contribution < -0.4 is 10.3 Å². The highest BCUT2D eigenvalue weighted by Crippen LogP contribution is 2.20. The predicted octanol–water partition coefficient (Wildman–Crippen LogP) is 0.700. The molecule has 0 bridgehead atoms. The van der Waals surface area contributed by atoms with Gasteiger partial charge in [0.2, 0.25) is 5.88 Å². The number of H-pyrrole nitrogens is 1. The quantitative estimate of drug-likeness (QED) is 0.851. The van der Waals surface area contributed by atoms with Crippen LogP contribution in [0.2, 0.25) is 0 Å². The van der Waals surface area contributed by atoms with Gasteiger partial charge in [0.15, 0.2) is 0 Å². The van der Waals surface area contributed by atoms with Crippen molar-refractivity contribution in [3.63, 3.8) is 0 Å². The van der Waals surface area contributed by atoms with Crippen molar-refractivity contribution in [1.29, 1.82) is 0 Å². The Morgan fingerprint density at radius 3 is 3.29 bits per heavy atom. The van der Waals surface area contributed by atoms with Crippen LogP contribution in [-0.2, 0) is 4.74 Å². The first kappa shape index (κ1) is 9.67. The van der Waals surface area contributed by atoms with Crippen LogP contribution in [-0.4, -0.2) is 29.3 Å². The average molecular weight is 261 g/mol. The SMILES string of the molecule is O=c1[nH]cnc(OC2CCOC2)c1Br. The molecule has 0 saturated carbocycles. The predicted molar refractivity (Wildman–Crippen MR) is 52.4 cm³/mol. The topological polar surface area (TPSA) is 64.2 Å². The third-order valence-electron chi connectivity index (χ3n) is 1.93. The molecule has 6 heteroatoms. The van der Waals surface area contributed by atoms with Crippen molar-refractivity contribution in [3.05, 3.63) is 21.2 Å². The molecule has 1 aliphatic rings. The van der Waals surface area contributed by atoms with Crippen molar-refractivity contribution in [2.75, 3.05) is 13.2 Å². The Labute approximate surface area is 88.6 Å². The van der Waals surface area contributed by atoms with Crippen molar-refractivity contribution in [2.45, 2.75) is 12.5 Å². The van der Waals surface area contributed by atoms with Crippen molar-refractivity contribution < 1.29 is 9.47 Å². The van der Waals surface area contributed by atoms with Gasteiger partial charge in [-0.1, -0.05) is 0 Å². The van der Waals surface area contributed by atoms with E-state index in [4.69, 9.17) is 9.47 Å². The van der Waals surface area contributed by atoms with Gasteiger partial charge in [0, 0.05) is 6.42 Å². The zero-order chi connectivity index (χ0) is 9.97. The lowest BCUT2D eigenvalue weighted by Gasteiger charge is -2.10. The monoisotopic (exact) mass is 260 g/mol. The lowest BCUT2D eigenvalue weighted by atomic mass is 10.3. The normalized spacial score (nSPS) is 21.1. The van der Waals surface area contributed by atoms with Gasteiger partial charge in [-0.15, -0.1) is 0 Å². The maximum Gasteiger partial charge on any atom is 0.268 e. The fourth-order valence-electron chi connectivity index (χ4n) is 1.21. The Bertz CT molecular complexity index is 373. The van der Waals surface area contributed by atoms with Gasteiger partial charge >= 0.3 is 0 Å². The molecule has 2 rings (SSSR count). The highest BCUT2D eigenvalue weighted by atomic mass is 79.9. The van der Waals surface area contributed by atoms with E-state index in [1.807, 2.05) is 0 Å². The molecule has 1 aromatic heterocycles. The number of hydrogen-bond donors (Lipinski definition) is 1. The molecule has 5 nitrogen and oxygen atoms in total. The molecular weight excluding hydrogens is 252 g/mol. The molecule has 1 fully saturated rings. The van der Waals surface area contributed by atoms with Gasteiger partial charge in [0.1, 0.15) is 10.6 Å². The van der Waals surface area contributed by atoms with Gasteiger partial charge in [0.05, 0.1) is 19.5 Å². The summed E-state index contributed by atoms with van der Waals surface area (Å²) in [6, 6.07) is 0. The third kappa shape index (κ3) is 1.96. The van der Waals surface area contributed by atoms with Crippen molar-refractivity contribution >= 4 is 15.9 Å². The smallest absolute Gasteiger partial charge is 0.268 e. The first-order chi connectivity index (χ1) is 6.77. The molecule has 1 aliphatic heterocycles. The maximum absolute atomic E-state index is 11.2. The fourth-order valence-corrected chi connectivity index (χ4v) is 1.52. The minimum absolute atomic E-state index is 0.000556. The number of hydrogen-bond acceptors (Lipinski definition) is 4. The van der Waals surface area contributed by atoms with Gasteiger partial charge in [-0.2, -0.15) is 0 Å². The molecular formula is C8H9BrN2O3. The molecule has 1 atom stereocenters. The summed E-state index contributed by atoms with van der Waals surface area (Å²) < 4.78 is 11.0. The molecule has 1 aromatic rings. The zero-order valence-corrected chi connectivity index (χ0v) is 8.91. The number of halogens is 1. The second-order valence-corrected chi connectivity index (χ2v) is 3.75. The van der Waals surface area contributed by atoms with E-state index in [1.54, 1.807) is 0 Å². The van der Waals surface area contributed by atoms with Crippen molar-refractivity contribution in [3.8, 4) is 5.88 Å². The Morgan fingerprint density at radius 2 is 2.57 bits per heavy atom. The van der Waals surface area contributed by atoms with Crippen LogP contribution >= 0.6 is 15.9 Å². The standard InChI is InChI=1S/C8H9BrN2O3/c9-6-7(12)10-4-11-8(6)14-5-1-2-13-3-5/h4-5H,1-3H2,(H,10,11,12). The van der Waals surface area contributed by atoms with Crippen LogP contribution in [0.25, 0.3) is 0 Å². The molecule has 76 valence electrons. The molecule has 0 spiro atoms. The molecule has 14 heavy (non-hydrogen) atoms. The van der Waals surface area contributed by atoms with E-state index in [-0.39, 0.29) is 11.7 Å². The molecule has 1 saturated heterocycles. The van der Waals surface area contributed by atoms with Crippen LogP contribution in [0.5, 0.6) is 5.88 Å². The van der Waals surface area contributed by atoms with E-state index in [9.17, 15) is 4.79 Å². The maximum atomic E-state index is 11.2. The second kappa shape index (κ2) is 4.10. The minimum atomic E-state index is -0.242. The van der Waals surface area contributed by atoms with Gasteiger partial charge in [-0.3, -0.25) is 4.79 Å². The highest BCUT2D eigenvalue weighted by molar-refractivity contribution is 9.10. The zero-order valence-electron chi connectivity index (χ0n) is 7.33. The second-order valence-electron chi connectivity index (χ2n) is 2.95. The number of ether oxygens (including phenoxy) is 2. The summed E-state index contributed by atoms with van der Waals surface area (Å²) in [6.45, 7) is 1.26. The fraction of sp³-hybridized carbons (Fsp3) is 0.500. The summed E-state index contributed by atoms with van der Waals surface area (Å²) in [4.78, 5) is 17.5. The number of nitrogens with zero attached hydrogens (tertiary/aromatic N) is 1. The summed E-state index contributed by atoms with van der Waals surface area (Å²) >= 11 is 3.12. The van der Waals surface area contributed by atoms with Crippen LogP contribution in [0.1, 0.15) is 6.42 Å². The van der Waals surface area contributed by atoms with E-state index < -0.39 is 0 Å². The van der Waals surface area contributed by atoms with Gasteiger partial charge < -0.3 is 14.5 Å². The van der Waals surface area contributed by atoms with Crippen LogP contribution in [0.4, 0.5) is 0 Å². The molecule has 0 radical (unpaired) electrons. The van der Waals surface area contributed by atoms with Crippen LogP contribution in [0, 0.1) is 0 Å². The summed E-state index contributed by atoms with van der Waals surface area (Å²) in [5, 5.41) is 0. The van der Waals surface area contributed by atoms with E-state index in [0.717, 1.165) is 6.42 Å². The molecule has 1 N–H and O–H groups in total. The first-order valence-corrected chi connectivity index (χ1v) is 5.04. The van der Waals surface area contributed by atoms with Gasteiger partial charge in [-0.05, 0) is 15.9 Å². The molecule has 2 heterocycles. The summed E-state index contributed by atoms with van der Waals surface area (Å²) in [6.07, 6.45) is 2.15. The van der Waals surface area contributed by atoms with Gasteiger partial charge in [0.25, 0.3) is 5.56 Å². The lowest BCUT2D eigenvalue weighted by Crippen LogP contribution is -2.19. The van der Waals surface area contributed by atoms with Crippen molar-refractivity contribution in [1.82, 2.24) is 9.97 Å². The Hall–Kier alpha value is -0.880. The van der Waals surface area contributed by atoms with E-state index >= 15 is 0 Å². The minimum Gasteiger partial charge on any atom is -0.471 e.